The lowest BCUT2D eigenvalue weighted by atomic mass is 9.97. The summed E-state index contributed by atoms with van der Waals surface area (Å²) >= 11 is 13.0. The molecule has 37 heavy (non-hydrogen) atoms. The van der Waals surface area contributed by atoms with Gasteiger partial charge in [0.25, 0.3) is 5.91 Å². The highest BCUT2D eigenvalue weighted by atomic mass is 35.5. The predicted molar refractivity (Wildman–Crippen MR) is 149 cm³/mol. The van der Waals surface area contributed by atoms with Gasteiger partial charge in [-0.05, 0) is 55.7 Å². The van der Waals surface area contributed by atoms with Crippen molar-refractivity contribution in [1.29, 1.82) is 0 Å². The molecule has 1 fully saturated rings. The lowest BCUT2D eigenvalue weighted by Gasteiger charge is -2.33. The molecule has 1 N–H and O–H groups in total. The summed E-state index contributed by atoms with van der Waals surface area (Å²) in [4.78, 5) is 32.1. The van der Waals surface area contributed by atoms with E-state index in [1.807, 2.05) is 0 Å². The number of anilines is 1. The van der Waals surface area contributed by atoms with Crippen LogP contribution in [0, 0.1) is 5.82 Å². The monoisotopic (exact) mass is 559 g/mol. The number of hydrogen-bond acceptors (Lipinski definition) is 6. The zero-order valence-electron chi connectivity index (χ0n) is 20.3. The van der Waals surface area contributed by atoms with E-state index < -0.39 is 5.82 Å². The minimum atomic E-state index is -0.398. The first kappa shape index (κ1) is 27.2. The van der Waals surface area contributed by atoms with E-state index in [1.54, 1.807) is 42.6 Å². The molecule has 1 aromatic heterocycles. The Labute approximate surface area is 229 Å². The maximum atomic E-state index is 14.0. The molecule has 1 aliphatic rings. The second kappa shape index (κ2) is 12.6. The molecule has 1 saturated heterocycles. The van der Waals surface area contributed by atoms with Gasteiger partial charge in [-0.2, -0.15) is 0 Å². The normalized spacial score (nSPS) is 13.9. The number of carbonyl (C=O) groups is 2. The quantitative estimate of drug-likeness (QED) is 0.244. The summed E-state index contributed by atoms with van der Waals surface area (Å²) in [5, 5.41) is 6.13. The average Bonchev–Trinajstić information content (AvgIpc) is 3.40. The first-order valence-electron chi connectivity index (χ1n) is 12.1. The number of nitrogens with zero attached hydrogens (tertiary/aromatic N) is 2. The number of hydrogen-bond donors (Lipinski definition) is 1. The van der Waals surface area contributed by atoms with Crippen molar-refractivity contribution < 1.29 is 18.7 Å². The van der Waals surface area contributed by atoms with Crippen LogP contribution in [0.25, 0.3) is 11.1 Å². The summed E-state index contributed by atoms with van der Waals surface area (Å²) in [6.07, 6.45) is 2.55. The molecule has 1 amide bonds. The number of carbonyl (C=O) groups excluding carboxylic acids is 2. The van der Waals surface area contributed by atoms with Crippen molar-refractivity contribution >= 4 is 57.7 Å². The Hall–Kier alpha value is -2.88. The molecule has 0 spiro atoms. The third-order valence-corrected chi connectivity index (χ3v) is 7.91. The van der Waals surface area contributed by atoms with Crippen LogP contribution in [0.5, 0.6) is 0 Å². The van der Waals surface area contributed by atoms with Gasteiger partial charge in [-0.3, -0.25) is 9.59 Å². The van der Waals surface area contributed by atoms with Crippen molar-refractivity contribution in [2.45, 2.75) is 38.5 Å². The van der Waals surface area contributed by atoms with Gasteiger partial charge in [0.05, 0.1) is 23.0 Å². The van der Waals surface area contributed by atoms with Crippen LogP contribution in [0.15, 0.2) is 47.8 Å². The highest BCUT2D eigenvalue weighted by molar-refractivity contribution is 7.80. The van der Waals surface area contributed by atoms with Gasteiger partial charge in [0.1, 0.15) is 11.5 Å². The largest absolute Gasteiger partial charge is 0.466 e. The van der Waals surface area contributed by atoms with Gasteiger partial charge in [-0.15, -0.1) is 11.3 Å². The molecule has 2 heterocycles. The van der Waals surface area contributed by atoms with Gasteiger partial charge >= 0.3 is 5.97 Å². The van der Waals surface area contributed by atoms with Gasteiger partial charge in [0.15, 0.2) is 0 Å². The molecule has 2 aromatic carbocycles. The van der Waals surface area contributed by atoms with Crippen molar-refractivity contribution in [2.75, 3.05) is 25.0 Å². The van der Waals surface area contributed by atoms with E-state index in [9.17, 15) is 14.0 Å². The molecule has 0 radical (unpaired) electrons. The van der Waals surface area contributed by atoms with Gasteiger partial charge in [0, 0.05) is 47.1 Å². The number of nitrogens with one attached hydrogen (secondary N) is 1. The molecule has 0 aliphatic carbocycles. The third-order valence-electron chi connectivity index (χ3n) is 6.18. The molecular formula is C27H27ClFN3O3S2. The number of thiocarbonyl (C=S) groups is 1. The Morgan fingerprint density at radius 3 is 2.62 bits per heavy atom. The zero-order valence-corrected chi connectivity index (χ0v) is 22.7. The Kier molecular flexibility index (Phi) is 9.23. The van der Waals surface area contributed by atoms with Crippen LogP contribution in [0.4, 0.5) is 10.1 Å². The van der Waals surface area contributed by atoms with E-state index >= 15 is 0 Å². The van der Waals surface area contributed by atoms with Crippen LogP contribution < -0.4 is 5.32 Å². The molecule has 0 unspecified atom stereocenters. The van der Waals surface area contributed by atoms with Crippen LogP contribution in [-0.2, 0) is 9.53 Å². The number of thiazole rings is 1. The molecule has 0 atom stereocenters. The Morgan fingerprint density at radius 1 is 1.19 bits per heavy atom. The summed E-state index contributed by atoms with van der Waals surface area (Å²) < 4.78 is 19.0. The molecular weight excluding hydrogens is 533 g/mol. The van der Waals surface area contributed by atoms with E-state index in [0.717, 1.165) is 41.5 Å². The maximum absolute atomic E-state index is 14.0. The minimum Gasteiger partial charge on any atom is -0.466 e. The minimum absolute atomic E-state index is 0.228. The van der Waals surface area contributed by atoms with Crippen LogP contribution in [0.3, 0.4) is 0 Å². The van der Waals surface area contributed by atoms with E-state index in [2.05, 4.69) is 15.2 Å². The Morgan fingerprint density at radius 2 is 1.92 bits per heavy atom. The lowest BCUT2D eigenvalue weighted by Crippen LogP contribution is -2.37. The second-order valence-electron chi connectivity index (χ2n) is 8.68. The summed E-state index contributed by atoms with van der Waals surface area (Å²) in [5.41, 5.74) is 2.13. The molecule has 6 nitrogen and oxygen atoms in total. The van der Waals surface area contributed by atoms with E-state index in [1.165, 1.54) is 23.5 Å². The molecule has 194 valence electrons. The number of piperidine rings is 1. The number of rotatable bonds is 8. The van der Waals surface area contributed by atoms with Gasteiger partial charge in [0.2, 0.25) is 0 Å². The van der Waals surface area contributed by atoms with Crippen molar-refractivity contribution in [2.24, 2.45) is 0 Å². The summed E-state index contributed by atoms with van der Waals surface area (Å²) in [6.45, 7) is 3.73. The van der Waals surface area contributed by atoms with Crippen LogP contribution >= 0.6 is 35.2 Å². The molecule has 0 saturated carbocycles. The first-order valence-corrected chi connectivity index (χ1v) is 13.8. The molecule has 3 aromatic rings. The number of amides is 1. The number of benzene rings is 2. The highest BCUT2D eigenvalue weighted by Gasteiger charge is 2.25. The Bertz CT molecular complexity index is 1270. The predicted octanol–water partition coefficient (Wildman–Crippen LogP) is 6.71. The fourth-order valence-corrected chi connectivity index (χ4v) is 5.62. The lowest BCUT2D eigenvalue weighted by molar-refractivity contribution is -0.142. The van der Waals surface area contributed by atoms with E-state index in [0.29, 0.717) is 41.4 Å². The molecule has 10 heteroatoms. The van der Waals surface area contributed by atoms with Crippen LogP contribution in [-0.4, -0.2) is 46.4 Å². The first-order chi connectivity index (χ1) is 17.8. The van der Waals surface area contributed by atoms with Crippen LogP contribution in [0.1, 0.15) is 54.0 Å². The molecule has 1 aliphatic heterocycles. The fourth-order valence-electron chi connectivity index (χ4n) is 4.24. The van der Waals surface area contributed by atoms with Crippen molar-refractivity contribution in [3.8, 4) is 11.1 Å². The summed E-state index contributed by atoms with van der Waals surface area (Å²) in [6, 6.07) is 11.2. The number of aromatic nitrogens is 1. The zero-order chi connectivity index (χ0) is 26.4. The fraction of sp³-hybridized carbons (Fsp3) is 0.333. The number of ether oxygens (including phenoxy) is 1. The van der Waals surface area contributed by atoms with Crippen molar-refractivity contribution in [3.63, 3.8) is 0 Å². The third kappa shape index (κ3) is 7.12. The average molecular weight is 560 g/mol. The van der Waals surface area contributed by atoms with Crippen LogP contribution in [0.2, 0.25) is 5.02 Å². The molecule has 4 rings (SSSR count). The number of likely N-dealkylation sites (tertiary alicyclic amines) is 1. The van der Waals surface area contributed by atoms with Gasteiger partial charge in [-0.1, -0.05) is 36.0 Å². The standard InChI is InChI=1S/C27H27ClFN3O3S2/c1-2-35-25(33)10-9-24(36)32-13-11-18(12-14-32)27-31-23(16-37-27)26(34)30-22-8-7-20(29)15-21(22)17-3-5-19(28)6-4-17/h3-8,15-16,18H,2,9-14H2,1H3,(H,30,34). The second-order valence-corrected chi connectivity index (χ2v) is 10.5. The Balaban J connectivity index is 1.36. The van der Waals surface area contributed by atoms with Crippen molar-refractivity contribution in [3.05, 3.63) is 69.4 Å². The molecule has 0 bridgehead atoms. The van der Waals surface area contributed by atoms with Gasteiger partial charge < -0.3 is 15.0 Å². The topological polar surface area (TPSA) is 71.5 Å². The highest BCUT2D eigenvalue weighted by Crippen LogP contribution is 2.33. The summed E-state index contributed by atoms with van der Waals surface area (Å²) in [5.74, 6) is -0.729. The van der Waals surface area contributed by atoms with E-state index in [-0.39, 0.29) is 17.8 Å². The smallest absolute Gasteiger partial charge is 0.306 e. The maximum Gasteiger partial charge on any atom is 0.306 e. The van der Waals surface area contributed by atoms with Gasteiger partial charge in [-0.25, -0.2) is 9.37 Å². The SMILES string of the molecule is CCOC(=O)CCC(=S)N1CCC(c2nc(C(=O)Nc3ccc(F)cc3-c3ccc(Cl)cc3)cs2)CC1. The van der Waals surface area contributed by atoms with E-state index in [4.69, 9.17) is 28.6 Å². The van der Waals surface area contributed by atoms with Crippen molar-refractivity contribution in [1.82, 2.24) is 9.88 Å². The number of halogens is 2. The summed E-state index contributed by atoms with van der Waals surface area (Å²) in [7, 11) is 0. The number of esters is 1.